The Labute approximate surface area is 235 Å². The minimum absolute atomic E-state index is 0.0685. The van der Waals surface area contributed by atoms with Crippen molar-refractivity contribution in [3.05, 3.63) is 114 Å². The van der Waals surface area contributed by atoms with Gasteiger partial charge in [-0.3, -0.25) is 4.79 Å². The molecule has 40 heavy (non-hydrogen) atoms. The first-order valence-electron chi connectivity index (χ1n) is 13.3. The van der Waals surface area contributed by atoms with Gasteiger partial charge >= 0.3 is 0 Å². The van der Waals surface area contributed by atoms with Crippen LogP contribution in [0.25, 0.3) is 21.7 Å². The van der Waals surface area contributed by atoms with Crippen LogP contribution in [0.1, 0.15) is 11.1 Å². The number of carbonyl (C=O) groups is 1. The summed E-state index contributed by atoms with van der Waals surface area (Å²) in [4.78, 5) is 19.0. The summed E-state index contributed by atoms with van der Waals surface area (Å²) in [6.07, 6.45) is 2.61. The van der Waals surface area contributed by atoms with Gasteiger partial charge in [0.1, 0.15) is 0 Å². The number of carbonyl (C=O) groups excluding carboxylic acids is 1. The first kappa shape index (κ1) is 27.6. The lowest BCUT2D eigenvalue weighted by atomic mass is 10.1. The van der Waals surface area contributed by atoms with Gasteiger partial charge in [-0.05, 0) is 46.5 Å². The maximum atomic E-state index is 13.8. The van der Waals surface area contributed by atoms with E-state index in [1.54, 1.807) is 23.1 Å². The molecule has 5 aromatic rings. The highest BCUT2D eigenvalue weighted by atomic mass is 32.2. The van der Waals surface area contributed by atoms with Crippen molar-refractivity contribution >= 4 is 37.6 Å². The Morgan fingerprint density at radius 2 is 1.57 bits per heavy atom. The van der Waals surface area contributed by atoms with E-state index in [-0.39, 0.29) is 30.5 Å². The number of H-pyrrole nitrogens is 1. The standard InChI is InChI=1S/C32H33N3O4S/c1-39-20-19-35(40(37,38)29-16-15-26-11-5-6-12-27(26)21-29)24-32(36)34(23-25-9-3-2-4-10-25)18-17-28-22-33-31-14-8-7-13-30(28)31/h2-16,21-22,33H,17-20,23-24H2,1H3. The third-order valence-electron chi connectivity index (χ3n) is 7.11. The molecule has 0 unspecified atom stereocenters. The van der Waals surface area contributed by atoms with E-state index in [1.165, 1.54) is 11.4 Å². The molecule has 0 atom stereocenters. The highest BCUT2D eigenvalue weighted by molar-refractivity contribution is 7.89. The van der Waals surface area contributed by atoms with Gasteiger partial charge in [0.15, 0.2) is 0 Å². The van der Waals surface area contributed by atoms with Crippen LogP contribution in [0.2, 0.25) is 0 Å². The zero-order valence-corrected chi connectivity index (χ0v) is 23.3. The lowest BCUT2D eigenvalue weighted by Gasteiger charge is -2.27. The van der Waals surface area contributed by atoms with Crippen molar-refractivity contribution in [2.24, 2.45) is 0 Å². The van der Waals surface area contributed by atoms with Gasteiger partial charge < -0.3 is 14.6 Å². The van der Waals surface area contributed by atoms with Gasteiger partial charge in [0.2, 0.25) is 15.9 Å². The molecule has 1 N–H and O–H groups in total. The van der Waals surface area contributed by atoms with Crippen LogP contribution in [0.4, 0.5) is 0 Å². The van der Waals surface area contributed by atoms with Crippen LogP contribution in [-0.2, 0) is 32.5 Å². The van der Waals surface area contributed by atoms with Crippen LogP contribution >= 0.6 is 0 Å². The maximum absolute atomic E-state index is 13.8. The molecule has 0 spiro atoms. The number of aromatic nitrogens is 1. The topological polar surface area (TPSA) is 82.7 Å². The van der Waals surface area contributed by atoms with Crippen LogP contribution in [-0.4, -0.2) is 61.9 Å². The summed E-state index contributed by atoms with van der Waals surface area (Å²) in [6.45, 7) is 0.798. The maximum Gasteiger partial charge on any atom is 0.243 e. The number of nitrogens with one attached hydrogen (secondary N) is 1. The number of ether oxygens (including phenoxy) is 1. The molecule has 8 heteroatoms. The average Bonchev–Trinajstić information content (AvgIpc) is 3.40. The third kappa shape index (κ3) is 6.25. The molecule has 1 heterocycles. The average molecular weight is 556 g/mol. The van der Waals surface area contributed by atoms with E-state index in [0.717, 1.165) is 32.8 Å². The molecule has 206 valence electrons. The Balaban J connectivity index is 1.40. The molecule has 0 aliphatic carbocycles. The quantitative estimate of drug-likeness (QED) is 0.229. The van der Waals surface area contributed by atoms with Crippen LogP contribution in [0.15, 0.2) is 108 Å². The summed E-state index contributed by atoms with van der Waals surface area (Å²) < 4.78 is 34.0. The van der Waals surface area contributed by atoms with Crippen molar-refractivity contribution in [1.82, 2.24) is 14.2 Å². The number of hydrogen-bond donors (Lipinski definition) is 1. The van der Waals surface area contributed by atoms with Gasteiger partial charge in [0.25, 0.3) is 0 Å². The Morgan fingerprint density at radius 3 is 2.38 bits per heavy atom. The molecule has 0 bridgehead atoms. The van der Waals surface area contributed by atoms with Crippen molar-refractivity contribution in [2.75, 3.05) is 33.4 Å². The molecule has 0 radical (unpaired) electrons. The molecule has 1 aromatic heterocycles. The van der Waals surface area contributed by atoms with E-state index in [4.69, 9.17) is 4.74 Å². The van der Waals surface area contributed by atoms with Gasteiger partial charge in [0.05, 0.1) is 18.0 Å². The van der Waals surface area contributed by atoms with Gasteiger partial charge in [-0.25, -0.2) is 8.42 Å². The van der Waals surface area contributed by atoms with Crippen molar-refractivity contribution < 1.29 is 17.9 Å². The number of para-hydroxylation sites is 1. The Morgan fingerprint density at radius 1 is 0.850 bits per heavy atom. The van der Waals surface area contributed by atoms with E-state index in [0.29, 0.717) is 19.5 Å². The monoisotopic (exact) mass is 555 g/mol. The molecule has 0 saturated heterocycles. The van der Waals surface area contributed by atoms with E-state index in [9.17, 15) is 13.2 Å². The van der Waals surface area contributed by atoms with Crippen molar-refractivity contribution in [1.29, 1.82) is 0 Å². The molecular weight excluding hydrogens is 522 g/mol. The smallest absolute Gasteiger partial charge is 0.243 e. The molecule has 0 aliphatic heterocycles. The molecule has 0 saturated carbocycles. The zero-order valence-electron chi connectivity index (χ0n) is 22.5. The van der Waals surface area contributed by atoms with Gasteiger partial charge in [0, 0.05) is 43.8 Å². The summed E-state index contributed by atoms with van der Waals surface area (Å²) in [7, 11) is -2.43. The largest absolute Gasteiger partial charge is 0.383 e. The normalized spacial score (nSPS) is 11.8. The minimum Gasteiger partial charge on any atom is -0.383 e. The predicted octanol–water partition coefficient (Wildman–Crippen LogP) is 5.23. The molecule has 4 aromatic carbocycles. The SMILES string of the molecule is COCCN(CC(=O)N(CCc1c[nH]c2ccccc12)Cc1ccccc1)S(=O)(=O)c1ccc2ccccc2c1. The first-order chi connectivity index (χ1) is 19.5. The number of rotatable bonds is 12. The number of hydrogen-bond acceptors (Lipinski definition) is 4. The lowest BCUT2D eigenvalue weighted by molar-refractivity contribution is -0.132. The van der Waals surface area contributed by atoms with Crippen molar-refractivity contribution in [3.8, 4) is 0 Å². The summed E-state index contributed by atoms with van der Waals surface area (Å²) in [6, 6.07) is 30.5. The van der Waals surface area contributed by atoms with Gasteiger partial charge in [-0.15, -0.1) is 0 Å². The fourth-order valence-corrected chi connectivity index (χ4v) is 6.30. The van der Waals surface area contributed by atoms with Crippen LogP contribution < -0.4 is 0 Å². The third-order valence-corrected chi connectivity index (χ3v) is 8.95. The van der Waals surface area contributed by atoms with Crippen molar-refractivity contribution in [2.45, 2.75) is 17.9 Å². The fraction of sp³-hybridized carbons (Fsp3) is 0.219. The molecule has 7 nitrogen and oxygen atoms in total. The summed E-state index contributed by atoms with van der Waals surface area (Å²) >= 11 is 0. The molecule has 0 fully saturated rings. The number of fused-ring (bicyclic) bond motifs is 2. The highest BCUT2D eigenvalue weighted by Crippen LogP contribution is 2.23. The second-order valence-corrected chi connectivity index (χ2v) is 11.7. The first-order valence-corrected chi connectivity index (χ1v) is 14.7. The molecule has 5 rings (SSSR count). The number of aromatic amines is 1. The second kappa shape index (κ2) is 12.5. The highest BCUT2D eigenvalue weighted by Gasteiger charge is 2.29. The number of amides is 1. The minimum atomic E-state index is -3.95. The lowest BCUT2D eigenvalue weighted by Crippen LogP contribution is -2.44. The second-order valence-electron chi connectivity index (χ2n) is 9.75. The van der Waals surface area contributed by atoms with E-state index in [2.05, 4.69) is 11.1 Å². The number of nitrogens with zero attached hydrogens (tertiary/aromatic N) is 2. The number of sulfonamides is 1. The van der Waals surface area contributed by atoms with Gasteiger partial charge in [-0.2, -0.15) is 4.31 Å². The summed E-state index contributed by atoms with van der Waals surface area (Å²) in [5.41, 5.74) is 3.14. The fourth-order valence-electron chi connectivity index (χ4n) is 4.89. The number of benzene rings is 4. The predicted molar refractivity (Wildman–Crippen MR) is 158 cm³/mol. The van der Waals surface area contributed by atoms with Gasteiger partial charge in [-0.1, -0.05) is 78.9 Å². The zero-order chi connectivity index (χ0) is 28.0. The Hall–Kier alpha value is -3.98. The summed E-state index contributed by atoms with van der Waals surface area (Å²) in [5.74, 6) is -0.260. The Kier molecular flexibility index (Phi) is 8.60. The van der Waals surface area contributed by atoms with Crippen molar-refractivity contribution in [3.63, 3.8) is 0 Å². The Bertz CT molecular complexity index is 1700. The van der Waals surface area contributed by atoms with Crippen LogP contribution in [0.3, 0.4) is 0 Å². The molecule has 0 aliphatic rings. The molecule has 1 amide bonds. The molecular formula is C32H33N3O4S. The van der Waals surface area contributed by atoms with E-state index < -0.39 is 10.0 Å². The van der Waals surface area contributed by atoms with Crippen LogP contribution in [0, 0.1) is 0 Å². The van der Waals surface area contributed by atoms with Crippen LogP contribution in [0.5, 0.6) is 0 Å². The summed E-state index contributed by atoms with van der Waals surface area (Å²) in [5, 5.41) is 2.90. The van der Waals surface area contributed by atoms with E-state index in [1.807, 2.05) is 79.0 Å². The van der Waals surface area contributed by atoms with E-state index >= 15 is 0 Å². The number of methoxy groups -OCH3 is 1.